The number of hydrogen-bond donors (Lipinski definition) is 4. The molecule has 5 N–H and O–H groups in total. The zero-order chi connectivity index (χ0) is 36.0. The molecule has 0 saturated carbocycles. The number of hydrogen-bond acceptors (Lipinski definition) is 9. The van der Waals surface area contributed by atoms with Gasteiger partial charge in [0.1, 0.15) is 29.3 Å². The number of ether oxygens (including phenoxy) is 1. The van der Waals surface area contributed by atoms with Gasteiger partial charge in [-0.1, -0.05) is 6.92 Å². The Bertz CT molecular complexity index is 2130. The van der Waals surface area contributed by atoms with Gasteiger partial charge in [0.2, 0.25) is 11.5 Å². The Morgan fingerprint density at radius 3 is 2.44 bits per heavy atom. The van der Waals surface area contributed by atoms with Gasteiger partial charge in [0.15, 0.2) is 5.82 Å². The Balaban J connectivity index is 1.39. The number of nitrogens with zero attached hydrogens (tertiary/aromatic N) is 4. The van der Waals surface area contributed by atoms with Crippen LogP contribution in [0.2, 0.25) is 0 Å². The first-order valence-corrected chi connectivity index (χ1v) is 15.4. The first-order chi connectivity index (χ1) is 23.6. The molecule has 3 aromatic heterocycles. The molecule has 0 fully saturated rings. The van der Waals surface area contributed by atoms with Crippen LogP contribution < -0.4 is 21.1 Å². The summed E-state index contributed by atoms with van der Waals surface area (Å²) in [4.78, 5) is 34.7. The van der Waals surface area contributed by atoms with Gasteiger partial charge < -0.3 is 26.2 Å². The van der Waals surface area contributed by atoms with Gasteiger partial charge in [-0.25, -0.2) is 9.37 Å². The fourth-order valence-corrected chi connectivity index (χ4v) is 5.59. The molecule has 0 radical (unpaired) electrons. The normalized spacial score (nSPS) is 16.7. The van der Waals surface area contributed by atoms with E-state index in [-0.39, 0.29) is 34.7 Å². The van der Waals surface area contributed by atoms with Crippen LogP contribution >= 0.6 is 0 Å². The molecule has 5 aromatic rings. The molecule has 2 atom stereocenters. The van der Waals surface area contributed by atoms with E-state index in [2.05, 4.69) is 30.8 Å². The van der Waals surface area contributed by atoms with Gasteiger partial charge in [-0.05, 0) is 86.5 Å². The second kappa shape index (κ2) is 12.6. The van der Waals surface area contributed by atoms with Crippen LogP contribution in [-0.2, 0) is 22.2 Å². The highest BCUT2D eigenvalue weighted by Crippen LogP contribution is 2.47. The number of nitrogens with one attached hydrogen (secondary N) is 2. The van der Waals surface area contributed by atoms with Crippen molar-refractivity contribution in [3.8, 4) is 17.0 Å². The van der Waals surface area contributed by atoms with Crippen LogP contribution in [0.5, 0.6) is 5.75 Å². The van der Waals surface area contributed by atoms with Gasteiger partial charge in [0.05, 0.1) is 29.1 Å². The zero-order valence-electron chi connectivity index (χ0n) is 27.0. The molecular weight excluding hydrogens is 658 g/mol. The highest BCUT2D eigenvalue weighted by atomic mass is 19.4. The van der Waals surface area contributed by atoms with E-state index in [1.807, 2.05) is 6.92 Å². The van der Waals surface area contributed by atoms with E-state index in [0.717, 1.165) is 29.5 Å². The molecule has 0 bridgehead atoms. The van der Waals surface area contributed by atoms with Crippen LogP contribution in [-0.4, -0.2) is 56.4 Å². The SMILES string of the molecule is CCc1ccc(Nc2cc(C(=O)NCC(O)(c3cc4c(c(-c5ccc(F)cc5)n3)OC[C@]4(C)C(N)=O)C(F)(F)F)cc3cc(C)cnc23)nn1. The number of halogens is 4. The summed E-state index contributed by atoms with van der Waals surface area (Å²) < 4.78 is 64.2. The van der Waals surface area contributed by atoms with Crippen molar-refractivity contribution in [1.82, 2.24) is 25.5 Å². The lowest BCUT2D eigenvalue weighted by Crippen LogP contribution is -2.51. The van der Waals surface area contributed by atoms with Crippen LogP contribution in [0.15, 0.2) is 66.9 Å². The second-order valence-corrected chi connectivity index (χ2v) is 12.3. The molecule has 6 rings (SSSR count). The van der Waals surface area contributed by atoms with Crippen molar-refractivity contribution in [2.75, 3.05) is 18.5 Å². The Hall–Kier alpha value is -5.70. The zero-order valence-corrected chi connectivity index (χ0v) is 27.0. The molecule has 1 aliphatic heterocycles. The standard InChI is InChI=1S/C35H31F4N7O4/c1-4-23-9-10-27(46-45-23)43-25-13-21(12-20-11-18(2)15-41-28(20)25)31(47)42-16-34(49,35(37,38)39)26-14-24-30(50-17-33(24,3)32(40)48)29(44-26)19-5-7-22(36)8-6-19/h5-15,49H,4,16-17H2,1-3H3,(H2,40,48)(H,42,47)(H,43,46)/t33-,34?/m0/s1. The van der Waals surface area contributed by atoms with Gasteiger partial charge in [0, 0.05) is 28.3 Å². The van der Waals surface area contributed by atoms with Crippen molar-refractivity contribution in [3.05, 3.63) is 101 Å². The number of pyridine rings is 2. The molecule has 258 valence electrons. The molecule has 4 heterocycles. The van der Waals surface area contributed by atoms with E-state index >= 15 is 0 Å². The van der Waals surface area contributed by atoms with Crippen molar-refractivity contribution in [1.29, 1.82) is 0 Å². The quantitative estimate of drug-likeness (QED) is 0.153. The number of alkyl halides is 3. The van der Waals surface area contributed by atoms with Gasteiger partial charge in [-0.15, -0.1) is 5.10 Å². The number of amides is 2. The summed E-state index contributed by atoms with van der Waals surface area (Å²) in [5, 5.41) is 25.5. The van der Waals surface area contributed by atoms with Crippen LogP contribution in [0.4, 0.5) is 29.1 Å². The smallest absolute Gasteiger partial charge is 0.424 e. The molecule has 11 nitrogen and oxygen atoms in total. The maximum absolute atomic E-state index is 14.9. The average Bonchev–Trinajstić information content (AvgIpc) is 3.44. The number of aryl methyl sites for hydroxylation is 2. The number of nitrogens with two attached hydrogens (primary N) is 1. The summed E-state index contributed by atoms with van der Waals surface area (Å²) in [6.07, 6.45) is -3.09. The van der Waals surface area contributed by atoms with Gasteiger partial charge in [-0.2, -0.15) is 18.3 Å². The molecule has 50 heavy (non-hydrogen) atoms. The molecule has 0 saturated heterocycles. The number of carbonyl (C=O) groups is 2. The molecular formula is C35H31F4N7O4. The lowest BCUT2D eigenvalue weighted by atomic mass is 9.81. The minimum atomic E-state index is -5.38. The van der Waals surface area contributed by atoms with E-state index in [9.17, 15) is 32.3 Å². The van der Waals surface area contributed by atoms with E-state index in [1.54, 1.807) is 31.3 Å². The van der Waals surface area contributed by atoms with Crippen molar-refractivity contribution in [2.45, 2.75) is 44.4 Å². The molecule has 2 aromatic carbocycles. The number of aliphatic hydroxyl groups is 1. The number of fused-ring (bicyclic) bond motifs is 2. The fourth-order valence-electron chi connectivity index (χ4n) is 5.59. The maximum Gasteiger partial charge on any atom is 0.424 e. The van der Waals surface area contributed by atoms with Crippen LogP contribution in [0, 0.1) is 12.7 Å². The van der Waals surface area contributed by atoms with Crippen molar-refractivity contribution in [3.63, 3.8) is 0 Å². The number of benzene rings is 2. The van der Waals surface area contributed by atoms with Gasteiger partial charge >= 0.3 is 6.18 Å². The molecule has 2 amide bonds. The molecule has 0 aliphatic carbocycles. The summed E-state index contributed by atoms with van der Waals surface area (Å²) in [5.41, 5.74) is 1.57. The number of primary amides is 1. The third-order valence-corrected chi connectivity index (χ3v) is 8.66. The minimum absolute atomic E-state index is 0.0376. The summed E-state index contributed by atoms with van der Waals surface area (Å²) in [7, 11) is 0. The van der Waals surface area contributed by atoms with Crippen molar-refractivity contribution < 1.29 is 37.0 Å². The largest absolute Gasteiger partial charge is 0.489 e. The van der Waals surface area contributed by atoms with Gasteiger partial charge in [0.25, 0.3) is 5.91 Å². The van der Waals surface area contributed by atoms with E-state index in [1.165, 1.54) is 31.2 Å². The number of aromatic nitrogens is 4. The van der Waals surface area contributed by atoms with E-state index in [0.29, 0.717) is 28.8 Å². The van der Waals surface area contributed by atoms with Crippen molar-refractivity contribution in [2.24, 2.45) is 5.73 Å². The van der Waals surface area contributed by atoms with E-state index in [4.69, 9.17) is 10.5 Å². The monoisotopic (exact) mass is 689 g/mol. The Morgan fingerprint density at radius 2 is 1.80 bits per heavy atom. The highest BCUT2D eigenvalue weighted by molar-refractivity contribution is 6.03. The van der Waals surface area contributed by atoms with Crippen LogP contribution in [0.3, 0.4) is 0 Å². The van der Waals surface area contributed by atoms with Crippen molar-refractivity contribution >= 4 is 34.2 Å². The maximum atomic E-state index is 14.9. The van der Waals surface area contributed by atoms with Gasteiger partial charge in [-0.3, -0.25) is 14.6 Å². The summed E-state index contributed by atoms with van der Waals surface area (Å²) >= 11 is 0. The Labute approximate surface area is 282 Å². The molecule has 15 heteroatoms. The first kappa shape index (κ1) is 34.2. The third kappa shape index (κ3) is 6.15. The summed E-state index contributed by atoms with van der Waals surface area (Å²) in [6, 6.07) is 13.7. The topological polar surface area (TPSA) is 165 Å². The number of carbonyl (C=O) groups excluding carboxylic acids is 2. The first-order valence-electron chi connectivity index (χ1n) is 15.4. The summed E-state index contributed by atoms with van der Waals surface area (Å²) in [6.45, 7) is 3.44. The summed E-state index contributed by atoms with van der Waals surface area (Å²) in [5.74, 6) is -2.14. The second-order valence-electron chi connectivity index (χ2n) is 12.3. The lowest BCUT2D eigenvalue weighted by Gasteiger charge is -2.31. The predicted octanol–water partition coefficient (Wildman–Crippen LogP) is 5.16. The van der Waals surface area contributed by atoms with Crippen LogP contribution in [0.1, 0.15) is 46.7 Å². The predicted molar refractivity (Wildman–Crippen MR) is 175 cm³/mol. The fraction of sp³-hybridized carbons (Fsp3) is 0.257. The Morgan fingerprint density at radius 1 is 1.06 bits per heavy atom. The molecule has 0 spiro atoms. The molecule has 1 aliphatic rings. The number of rotatable bonds is 9. The molecule has 1 unspecified atom stereocenters. The Kier molecular flexibility index (Phi) is 8.64. The number of anilines is 2. The van der Waals surface area contributed by atoms with E-state index < -0.39 is 47.1 Å². The minimum Gasteiger partial charge on any atom is -0.489 e. The lowest BCUT2D eigenvalue weighted by molar-refractivity contribution is -0.265. The highest BCUT2D eigenvalue weighted by Gasteiger charge is 2.57. The third-order valence-electron chi connectivity index (χ3n) is 8.66. The average molecular weight is 690 g/mol. The van der Waals surface area contributed by atoms with Crippen LogP contribution in [0.25, 0.3) is 22.2 Å².